The molecule has 340 valence electrons. The Morgan fingerprint density at radius 3 is 2.50 bits per heavy atom. The molecule has 1 aliphatic carbocycles. The Bertz CT molecular complexity index is 2050. The number of amides is 1. The Hall–Kier alpha value is -2.79. The number of ether oxygens (including phenoxy) is 4. The third kappa shape index (κ3) is 9.33. The van der Waals surface area contributed by atoms with Gasteiger partial charge in [0.2, 0.25) is 10.0 Å². The van der Waals surface area contributed by atoms with E-state index in [4.69, 9.17) is 30.5 Å². The summed E-state index contributed by atoms with van der Waals surface area (Å²) in [5, 5.41) is 3.69. The molecule has 15 heteroatoms. The second-order valence-corrected chi connectivity index (χ2v) is 21.6. The van der Waals surface area contributed by atoms with Gasteiger partial charge in [-0.1, -0.05) is 36.7 Å². The van der Waals surface area contributed by atoms with E-state index in [0.717, 1.165) is 129 Å². The molecule has 0 aromatic heterocycles. The monoisotopic (exact) mass is 894 g/mol. The van der Waals surface area contributed by atoms with E-state index < -0.39 is 26.8 Å². The van der Waals surface area contributed by atoms with Crippen LogP contribution in [0, 0.1) is 17.8 Å². The molecule has 6 aliphatic heterocycles. The number of halogens is 1. The third-order valence-corrected chi connectivity index (χ3v) is 17.7. The lowest BCUT2D eigenvalue weighted by Gasteiger charge is -2.54. The van der Waals surface area contributed by atoms with Crippen molar-refractivity contribution in [2.24, 2.45) is 17.8 Å². The van der Waals surface area contributed by atoms with Gasteiger partial charge in [-0.25, -0.2) is 13.1 Å². The van der Waals surface area contributed by atoms with Crippen LogP contribution in [-0.4, -0.2) is 156 Å². The number of nitrogens with zero attached hydrogens (tertiary/aromatic N) is 4. The maximum absolute atomic E-state index is 13.7. The predicted octanol–water partition coefficient (Wildman–Crippen LogP) is 4.57. The van der Waals surface area contributed by atoms with Gasteiger partial charge in [-0.2, -0.15) is 0 Å². The van der Waals surface area contributed by atoms with Crippen LogP contribution in [0.4, 0.5) is 5.69 Å². The van der Waals surface area contributed by atoms with Gasteiger partial charge in [-0.3, -0.25) is 19.5 Å². The average molecular weight is 896 g/mol. The number of carbonyl (C=O) groups excluding carboxylic acids is 1. The van der Waals surface area contributed by atoms with E-state index >= 15 is 0 Å². The Kier molecular flexibility index (Phi) is 13.6. The molecule has 8 atom stereocenters. The number of allylic oxidation sites excluding steroid dienone is 1. The summed E-state index contributed by atoms with van der Waals surface area (Å²) in [4.78, 5) is 23.9. The fourth-order valence-corrected chi connectivity index (χ4v) is 12.5. The van der Waals surface area contributed by atoms with Gasteiger partial charge in [-0.05, 0) is 105 Å². The number of carbonyl (C=O) groups is 1. The van der Waals surface area contributed by atoms with Crippen molar-refractivity contribution in [3.63, 3.8) is 0 Å². The van der Waals surface area contributed by atoms with Crippen molar-refractivity contribution in [1.82, 2.24) is 24.7 Å². The van der Waals surface area contributed by atoms with Gasteiger partial charge >= 0.3 is 0 Å². The number of aryl methyl sites for hydroxylation is 1. The molecule has 2 aromatic rings. The molecule has 6 heterocycles. The summed E-state index contributed by atoms with van der Waals surface area (Å²) in [7, 11) is -2.12. The Morgan fingerprint density at radius 1 is 0.935 bits per heavy atom. The summed E-state index contributed by atoms with van der Waals surface area (Å²) in [5.74, 6) is 0.391. The van der Waals surface area contributed by atoms with Crippen LogP contribution in [0.1, 0.15) is 67.4 Å². The van der Waals surface area contributed by atoms with E-state index in [1.54, 1.807) is 13.0 Å². The van der Waals surface area contributed by atoms with E-state index in [9.17, 15) is 13.2 Å². The lowest BCUT2D eigenvalue weighted by molar-refractivity contribution is -0.168. The number of hydrogen-bond donors (Lipinski definition) is 2. The SMILES string of the molecule is CO[C@]1(CN2CCN(C3COC3C3CN(C4COC4)CCN3)CC2)/C=C/C[C@H](C)[C@@H](C)S(=O)(=O)NC(=O)c2ccc3c(c2)N(CCCCc2cc(Cl)ccc2CO3)C[C@@H]2CC[C@H]21. The number of hydrogen-bond acceptors (Lipinski definition) is 12. The molecule has 3 unspecified atom stereocenters. The number of methoxy groups -OCH3 is 1. The minimum atomic E-state index is -3.98. The number of nitrogens with one attached hydrogen (secondary N) is 2. The molecule has 2 bridgehead atoms. The first-order valence-corrected chi connectivity index (χ1v) is 25.1. The quantitative estimate of drug-likeness (QED) is 0.395. The van der Waals surface area contributed by atoms with Gasteiger partial charge in [-0.15, -0.1) is 0 Å². The van der Waals surface area contributed by atoms with Crippen LogP contribution in [0.25, 0.3) is 0 Å². The number of benzene rings is 2. The van der Waals surface area contributed by atoms with Crippen molar-refractivity contribution in [3.05, 3.63) is 70.3 Å². The molecule has 0 spiro atoms. The van der Waals surface area contributed by atoms with Crippen molar-refractivity contribution in [2.45, 2.75) is 94.1 Å². The van der Waals surface area contributed by atoms with Crippen LogP contribution in [0.5, 0.6) is 5.75 Å². The molecule has 2 N–H and O–H groups in total. The molecule has 62 heavy (non-hydrogen) atoms. The minimum absolute atomic E-state index is 0.200. The lowest BCUT2D eigenvalue weighted by Crippen LogP contribution is -2.70. The highest BCUT2D eigenvalue weighted by molar-refractivity contribution is 7.90. The van der Waals surface area contributed by atoms with Crippen molar-refractivity contribution in [3.8, 4) is 5.75 Å². The molecule has 13 nitrogen and oxygen atoms in total. The second-order valence-electron chi connectivity index (χ2n) is 19.1. The Morgan fingerprint density at radius 2 is 1.77 bits per heavy atom. The van der Waals surface area contributed by atoms with Crippen LogP contribution in [-0.2, 0) is 37.3 Å². The number of piperazine rings is 2. The fourth-order valence-electron chi connectivity index (χ4n) is 11.0. The largest absolute Gasteiger partial charge is 0.487 e. The number of rotatable bonds is 6. The highest BCUT2D eigenvalue weighted by Crippen LogP contribution is 2.47. The molecule has 5 fully saturated rings. The first kappa shape index (κ1) is 44.4. The zero-order valence-electron chi connectivity index (χ0n) is 36.8. The van der Waals surface area contributed by atoms with E-state index in [2.05, 4.69) is 41.8 Å². The molecule has 4 saturated heterocycles. The molecule has 7 aliphatic rings. The Balaban J connectivity index is 0.957. The summed E-state index contributed by atoms with van der Waals surface area (Å²) in [6, 6.07) is 12.6. The van der Waals surface area contributed by atoms with Crippen LogP contribution in [0.3, 0.4) is 0 Å². The molecule has 0 radical (unpaired) electrons. The van der Waals surface area contributed by atoms with Gasteiger partial charge < -0.3 is 29.2 Å². The summed E-state index contributed by atoms with van der Waals surface area (Å²) in [6.45, 7) is 15.7. The molecule has 1 saturated carbocycles. The highest BCUT2D eigenvalue weighted by atomic mass is 35.5. The molecular weight excluding hydrogens is 828 g/mol. The van der Waals surface area contributed by atoms with Gasteiger partial charge in [0.15, 0.2) is 0 Å². The first-order chi connectivity index (χ1) is 30.0. The van der Waals surface area contributed by atoms with Crippen LogP contribution >= 0.6 is 11.6 Å². The summed E-state index contributed by atoms with van der Waals surface area (Å²) < 4.78 is 55.0. The standard InChI is InChI=1S/C47H67ClN6O7S/c1-32-7-6-15-47(58-3,31-51-19-21-52(22-20-51)43-30-61-45(43)41-26-53(18-16-49-41)39-28-59-29-39)40-13-10-36(40)25-54-17-5-4-8-34-23-38(48)12-9-37(34)27-60-44-14-11-35(24-42(44)54)46(55)50-62(56,57)33(32)2/h6,9,11-12,14-15,23-24,32-33,36,39-41,43,45,49H,4-5,7-8,10,13,16-22,25-31H2,1-3H3,(H,50,55)/b15-6+/t32-,33+,36-,40+,41?,43?,45?,47-/m0/s1. The van der Waals surface area contributed by atoms with Gasteiger partial charge in [0.1, 0.15) is 18.0 Å². The van der Waals surface area contributed by atoms with E-state index in [1.165, 1.54) is 5.56 Å². The second kappa shape index (κ2) is 19.0. The predicted molar refractivity (Wildman–Crippen MR) is 242 cm³/mol. The van der Waals surface area contributed by atoms with E-state index in [1.807, 2.05) is 44.4 Å². The average Bonchev–Trinajstić information content (AvgIpc) is 3.24. The maximum Gasteiger partial charge on any atom is 0.264 e. The van der Waals surface area contributed by atoms with Crippen molar-refractivity contribution < 1.29 is 32.2 Å². The van der Waals surface area contributed by atoms with Gasteiger partial charge in [0, 0.05) is 89.2 Å². The molecule has 2 aromatic carbocycles. The fraction of sp³-hybridized carbons (Fsp3) is 0.681. The Labute approximate surface area is 373 Å². The maximum atomic E-state index is 13.7. The normalized spacial score (nSPS) is 34.7. The zero-order valence-corrected chi connectivity index (χ0v) is 38.4. The molecule has 1 amide bonds. The van der Waals surface area contributed by atoms with Crippen LogP contribution < -0.4 is 19.7 Å². The number of anilines is 1. The molecule has 9 rings (SSSR count). The van der Waals surface area contributed by atoms with Crippen LogP contribution in [0.15, 0.2) is 48.6 Å². The van der Waals surface area contributed by atoms with Gasteiger partial charge in [0.25, 0.3) is 5.91 Å². The lowest BCUT2D eigenvalue weighted by atomic mass is 9.63. The third-order valence-electron chi connectivity index (χ3n) is 15.5. The summed E-state index contributed by atoms with van der Waals surface area (Å²) in [6.07, 6.45) is 10.1. The summed E-state index contributed by atoms with van der Waals surface area (Å²) >= 11 is 6.45. The smallest absolute Gasteiger partial charge is 0.264 e. The minimum Gasteiger partial charge on any atom is -0.487 e. The van der Waals surface area contributed by atoms with Gasteiger partial charge in [0.05, 0.1) is 48.9 Å². The van der Waals surface area contributed by atoms with Crippen molar-refractivity contribution in [1.29, 1.82) is 0 Å². The van der Waals surface area contributed by atoms with Crippen molar-refractivity contribution >= 4 is 33.2 Å². The zero-order chi connectivity index (χ0) is 43.0. The van der Waals surface area contributed by atoms with Crippen molar-refractivity contribution in [2.75, 3.05) is 97.3 Å². The van der Waals surface area contributed by atoms with E-state index in [0.29, 0.717) is 53.4 Å². The first-order valence-electron chi connectivity index (χ1n) is 23.2. The number of sulfonamides is 1. The molecular formula is C47H67ClN6O7S. The topological polar surface area (TPSA) is 125 Å². The van der Waals surface area contributed by atoms with E-state index in [-0.39, 0.29) is 17.9 Å². The highest BCUT2D eigenvalue weighted by Gasteiger charge is 2.50. The number of fused-ring (bicyclic) bond motifs is 3. The van der Waals surface area contributed by atoms with Crippen LogP contribution in [0.2, 0.25) is 5.02 Å². The summed E-state index contributed by atoms with van der Waals surface area (Å²) in [5.41, 5.74) is 2.83.